The molecule has 24 heavy (non-hydrogen) atoms. The van der Waals surface area contributed by atoms with Crippen molar-refractivity contribution in [2.24, 2.45) is 13.0 Å². The van der Waals surface area contributed by atoms with Crippen LogP contribution in [0.25, 0.3) is 10.1 Å². The molecule has 3 aromatic rings. The molecule has 5 nitrogen and oxygen atoms in total. The zero-order valence-corrected chi connectivity index (χ0v) is 15.5. The smallest absolute Gasteiger partial charge is 0.275 e. The summed E-state index contributed by atoms with van der Waals surface area (Å²) in [5.41, 5.74) is 1.49. The number of aromatic amines is 1. The predicted octanol–water partition coefficient (Wildman–Crippen LogP) is 2.89. The maximum Gasteiger partial charge on any atom is 0.275 e. The third kappa shape index (κ3) is 3.60. The molecule has 3 rings (SSSR count). The van der Waals surface area contributed by atoms with Crippen LogP contribution in [0.5, 0.6) is 0 Å². The van der Waals surface area contributed by atoms with Crippen LogP contribution in [0.1, 0.15) is 30.0 Å². The van der Waals surface area contributed by atoms with Gasteiger partial charge in [0.25, 0.3) is 11.1 Å². The summed E-state index contributed by atoms with van der Waals surface area (Å²) in [6.07, 6.45) is 2.98. The molecule has 0 fully saturated rings. The fourth-order valence-corrected chi connectivity index (χ4v) is 3.82. The number of rotatable bonds is 4. The number of nitrogens with zero attached hydrogens (tertiary/aromatic N) is 2. The Morgan fingerprint density at radius 1 is 1.33 bits per heavy atom. The molecule has 1 N–H and O–H groups in total. The number of halogens is 1. The van der Waals surface area contributed by atoms with Crippen molar-refractivity contribution in [1.29, 1.82) is 0 Å². The summed E-state index contributed by atoms with van der Waals surface area (Å²) in [5, 5.41) is 5.13. The van der Waals surface area contributed by atoms with E-state index in [1.807, 2.05) is 18.2 Å². The predicted molar refractivity (Wildman–Crippen MR) is 101 cm³/mol. The Balaban J connectivity index is 0.00000208. The van der Waals surface area contributed by atoms with Gasteiger partial charge in [-0.15, -0.1) is 23.7 Å². The third-order valence-electron chi connectivity index (χ3n) is 3.71. The summed E-state index contributed by atoms with van der Waals surface area (Å²) >= 11 is 1.56. The monoisotopic (exact) mass is 365 g/mol. The van der Waals surface area contributed by atoms with Crippen LogP contribution in [0, 0.1) is 5.92 Å². The van der Waals surface area contributed by atoms with Crippen molar-refractivity contribution in [1.82, 2.24) is 14.8 Å². The zero-order chi connectivity index (χ0) is 16.6. The van der Waals surface area contributed by atoms with Gasteiger partial charge in [-0.1, -0.05) is 19.9 Å². The van der Waals surface area contributed by atoms with E-state index in [1.165, 1.54) is 4.68 Å². The molecule has 3 aromatic heterocycles. The number of hydrogen-bond donors (Lipinski definition) is 1. The molecule has 128 valence electrons. The highest BCUT2D eigenvalue weighted by atomic mass is 35.5. The molecule has 0 amide bonds. The van der Waals surface area contributed by atoms with Crippen molar-refractivity contribution < 1.29 is 0 Å². The Hall–Kier alpha value is -1.92. The number of aryl methyl sites for hydroxylation is 1. The van der Waals surface area contributed by atoms with Crippen LogP contribution >= 0.6 is 23.7 Å². The molecule has 0 atom stereocenters. The van der Waals surface area contributed by atoms with E-state index in [4.69, 9.17) is 0 Å². The van der Waals surface area contributed by atoms with E-state index >= 15 is 0 Å². The van der Waals surface area contributed by atoms with Gasteiger partial charge in [-0.2, -0.15) is 5.10 Å². The van der Waals surface area contributed by atoms with Crippen molar-refractivity contribution in [3.63, 3.8) is 0 Å². The number of thiophene rings is 1. The maximum absolute atomic E-state index is 12.3. The van der Waals surface area contributed by atoms with E-state index in [0.29, 0.717) is 23.3 Å². The molecule has 0 aliphatic rings. The van der Waals surface area contributed by atoms with Gasteiger partial charge in [0.1, 0.15) is 0 Å². The molecular formula is C17H20ClN3O2S. The van der Waals surface area contributed by atoms with Crippen molar-refractivity contribution in [2.45, 2.75) is 26.7 Å². The van der Waals surface area contributed by atoms with Gasteiger partial charge in [0, 0.05) is 30.1 Å². The van der Waals surface area contributed by atoms with Crippen LogP contribution in [0.2, 0.25) is 0 Å². The highest BCUT2D eigenvalue weighted by Crippen LogP contribution is 2.28. The molecule has 0 aromatic carbocycles. The Morgan fingerprint density at radius 2 is 2.08 bits per heavy atom. The second kappa shape index (κ2) is 7.32. The van der Waals surface area contributed by atoms with Crippen LogP contribution in [0.4, 0.5) is 0 Å². The number of hydrogen-bond acceptors (Lipinski definition) is 4. The summed E-state index contributed by atoms with van der Waals surface area (Å²) in [6, 6.07) is 5.53. The topological polar surface area (TPSA) is 67.8 Å². The number of fused-ring (bicyclic) bond motifs is 1. The maximum atomic E-state index is 12.3. The van der Waals surface area contributed by atoms with Crippen LogP contribution in [0.15, 0.2) is 34.0 Å². The summed E-state index contributed by atoms with van der Waals surface area (Å²) in [7, 11) is 1.69. The van der Waals surface area contributed by atoms with E-state index in [2.05, 4.69) is 23.9 Å². The largest absolute Gasteiger partial charge is 0.329 e. The molecular weight excluding hydrogens is 346 g/mol. The number of H-pyrrole nitrogens is 1. The lowest BCUT2D eigenvalue weighted by atomic mass is 10.1. The molecule has 0 saturated carbocycles. The summed E-state index contributed by atoms with van der Waals surface area (Å²) in [5.74, 6) is 0.464. The summed E-state index contributed by atoms with van der Waals surface area (Å²) < 4.78 is 2.36. The second-order valence-electron chi connectivity index (χ2n) is 6.13. The minimum absolute atomic E-state index is 0. The fourth-order valence-electron chi connectivity index (χ4n) is 2.65. The Morgan fingerprint density at radius 3 is 2.75 bits per heavy atom. The lowest BCUT2D eigenvalue weighted by Crippen LogP contribution is -2.21. The fraction of sp³-hybridized carbons (Fsp3) is 0.353. The van der Waals surface area contributed by atoms with Crippen LogP contribution in [-0.4, -0.2) is 14.8 Å². The van der Waals surface area contributed by atoms with E-state index in [9.17, 15) is 9.59 Å². The first-order valence-electron chi connectivity index (χ1n) is 7.61. The first-order chi connectivity index (χ1) is 11.0. The average molecular weight is 366 g/mol. The lowest BCUT2D eigenvalue weighted by molar-refractivity contribution is 0.606. The summed E-state index contributed by atoms with van der Waals surface area (Å²) in [4.78, 5) is 27.9. The average Bonchev–Trinajstić information content (AvgIpc) is 2.91. The Kier molecular flexibility index (Phi) is 5.62. The summed E-state index contributed by atoms with van der Waals surface area (Å²) in [6.45, 7) is 4.27. The van der Waals surface area contributed by atoms with E-state index < -0.39 is 0 Å². The van der Waals surface area contributed by atoms with Gasteiger partial charge < -0.3 is 4.98 Å². The second-order valence-corrected chi connectivity index (χ2v) is 7.27. The SMILES string of the molecule is CC(C)Cc1nn(C)c(=O)c2cc(Cc3ccc[nH]c3=O)sc12.Cl. The first-order valence-corrected chi connectivity index (χ1v) is 8.42. The van der Waals surface area contributed by atoms with Crippen molar-refractivity contribution in [3.05, 3.63) is 61.2 Å². The highest BCUT2D eigenvalue weighted by Gasteiger charge is 2.15. The van der Waals surface area contributed by atoms with Crippen molar-refractivity contribution in [2.75, 3.05) is 0 Å². The van der Waals surface area contributed by atoms with E-state index in [0.717, 1.165) is 21.7 Å². The molecule has 0 radical (unpaired) electrons. The van der Waals surface area contributed by atoms with Gasteiger partial charge >= 0.3 is 0 Å². The van der Waals surface area contributed by atoms with Gasteiger partial charge in [0.15, 0.2) is 0 Å². The van der Waals surface area contributed by atoms with Gasteiger partial charge in [-0.05, 0) is 24.5 Å². The molecule has 0 bridgehead atoms. The van der Waals surface area contributed by atoms with Crippen molar-refractivity contribution in [3.8, 4) is 0 Å². The van der Waals surface area contributed by atoms with Gasteiger partial charge in [0.05, 0.1) is 15.8 Å². The molecule has 0 saturated heterocycles. The minimum atomic E-state index is -0.0861. The zero-order valence-electron chi connectivity index (χ0n) is 13.8. The van der Waals surface area contributed by atoms with E-state index in [1.54, 1.807) is 24.6 Å². The van der Waals surface area contributed by atoms with Gasteiger partial charge in [0.2, 0.25) is 0 Å². The van der Waals surface area contributed by atoms with E-state index in [-0.39, 0.29) is 23.5 Å². The Labute approximate surface area is 149 Å². The number of aromatic nitrogens is 3. The quantitative estimate of drug-likeness (QED) is 0.773. The molecule has 3 heterocycles. The standard InChI is InChI=1S/C17H19N3O2S.ClH/c1-10(2)7-14-15-13(17(22)20(3)19-14)9-12(23-15)8-11-5-4-6-18-16(11)21;/h4-6,9-10H,7-8H2,1-3H3,(H,18,21);1H. The molecule has 0 unspecified atom stereocenters. The van der Waals surface area contributed by atoms with Crippen molar-refractivity contribution >= 4 is 33.8 Å². The van der Waals surface area contributed by atoms with Crippen LogP contribution in [0.3, 0.4) is 0 Å². The molecule has 0 aliphatic carbocycles. The molecule has 0 aliphatic heterocycles. The molecule has 7 heteroatoms. The molecule has 0 spiro atoms. The van der Waals surface area contributed by atoms with Crippen LogP contribution < -0.4 is 11.1 Å². The van der Waals surface area contributed by atoms with Gasteiger partial charge in [-0.3, -0.25) is 9.59 Å². The number of pyridine rings is 1. The highest BCUT2D eigenvalue weighted by molar-refractivity contribution is 7.19. The van der Waals surface area contributed by atoms with Gasteiger partial charge in [-0.25, -0.2) is 4.68 Å². The number of nitrogens with one attached hydrogen (secondary N) is 1. The normalized spacial score (nSPS) is 11.0. The third-order valence-corrected chi connectivity index (χ3v) is 4.89. The first kappa shape index (κ1) is 18.4. The van der Waals surface area contributed by atoms with Crippen LogP contribution in [-0.2, 0) is 19.9 Å². The minimum Gasteiger partial charge on any atom is -0.329 e. The Bertz CT molecular complexity index is 972. The lowest BCUT2D eigenvalue weighted by Gasteiger charge is -2.06.